The number of piperazine rings is 1. The molecule has 0 radical (unpaired) electrons. The van der Waals surface area contributed by atoms with E-state index in [1.807, 2.05) is 42.3 Å². The minimum absolute atomic E-state index is 0.00715. The number of rotatable bonds is 6. The fraction of sp³-hybridized carbons (Fsp3) is 0.478. The van der Waals surface area contributed by atoms with E-state index in [-0.39, 0.29) is 6.03 Å². The Hall–Kier alpha value is -2.96. The van der Waals surface area contributed by atoms with Gasteiger partial charge in [0.2, 0.25) is 0 Å². The molecule has 2 saturated heterocycles. The number of pyridine rings is 1. The number of carbonyl (C=O) groups is 1. The summed E-state index contributed by atoms with van der Waals surface area (Å²) >= 11 is 0. The Balaban J connectivity index is 1.28. The summed E-state index contributed by atoms with van der Waals surface area (Å²) in [5, 5.41) is 3.07. The predicted octanol–water partition coefficient (Wildman–Crippen LogP) is 3.11. The molecule has 0 unspecified atom stereocenters. The highest BCUT2D eigenvalue weighted by atomic mass is 16.5. The van der Waals surface area contributed by atoms with Gasteiger partial charge in [-0.3, -0.25) is 0 Å². The summed E-state index contributed by atoms with van der Waals surface area (Å²) in [4.78, 5) is 23.6. The minimum atomic E-state index is -0.00715. The van der Waals surface area contributed by atoms with E-state index < -0.39 is 0 Å². The van der Waals surface area contributed by atoms with E-state index in [0.29, 0.717) is 26.2 Å². The van der Waals surface area contributed by atoms with Crippen LogP contribution in [0.4, 0.5) is 16.3 Å². The van der Waals surface area contributed by atoms with E-state index >= 15 is 0 Å². The van der Waals surface area contributed by atoms with Crippen LogP contribution >= 0.6 is 0 Å². The van der Waals surface area contributed by atoms with Crippen molar-refractivity contribution in [3.8, 4) is 5.75 Å². The summed E-state index contributed by atoms with van der Waals surface area (Å²) in [5.41, 5.74) is 2.19. The lowest BCUT2D eigenvalue weighted by atomic mass is 10.2. The molecular weight excluding hydrogens is 378 g/mol. The van der Waals surface area contributed by atoms with Crippen LogP contribution in [-0.2, 0) is 6.54 Å². The highest BCUT2D eigenvalue weighted by Crippen LogP contribution is 2.28. The Bertz CT molecular complexity index is 845. The third-order valence-corrected chi connectivity index (χ3v) is 5.76. The number of para-hydroxylation sites is 2. The van der Waals surface area contributed by atoms with Gasteiger partial charge in [0.05, 0.1) is 12.3 Å². The van der Waals surface area contributed by atoms with Crippen molar-refractivity contribution >= 4 is 17.5 Å². The number of nitrogens with zero attached hydrogens (tertiary/aromatic N) is 4. The first-order chi connectivity index (χ1) is 14.7. The molecule has 0 bridgehead atoms. The van der Waals surface area contributed by atoms with Gasteiger partial charge in [-0.05, 0) is 49.6 Å². The number of aromatic nitrogens is 1. The van der Waals surface area contributed by atoms with Crippen molar-refractivity contribution < 1.29 is 9.53 Å². The van der Waals surface area contributed by atoms with Crippen LogP contribution in [-0.4, -0.2) is 61.8 Å². The van der Waals surface area contributed by atoms with Crippen LogP contribution in [0.25, 0.3) is 0 Å². The molecule has 0 atom stereocenters. The first kappa shape index (κ1) is 20.3. The Morgan fingerprint density at radius 3 is 2.57 bits per heavy atom. The first-order valence-electron chi connectivity index (χ1n) is 10.9. The van der Waals surface area contributed by atoms with E-state index in [9.17, 15) is 4.79 Å². The quantitative estimate of drug-likeness (QED) is 0.794. The van der Waals surface area contributed by atoms with Crippen molar-refractivity contribution in [3.63, 3.8) is 0 Å². The molecule has 4 rings (SSSR count). The topological polar surface area (TPSA) is 60.9 Å². The van der Waals surface area contributed by atoms with Crippen LogP contribution < -0.4 is 19.9 Å². The minimum Gasteiger partial charge on any atom is -0.492 e. The van der Waals surface area contributed by atoms with E-state index in [1.165, 1.54) is 12.8 Å². The Morgan fingerprint density at radius 2 is 1.80 bits per heavy atom. The van der Waals surface area contributed by atoms with Crippen LogP contribution in [0.3, 0.4) is 0 Å². The molecule has 0 saturated carbocycles. The number of amides is 2. The Morgan fingerprint density at radius 1 is 1.03 bits per heavy atom. The number of ether oxygens (including phenoxy) is 1. The average Bonchev–Trinajstić information content (AvgIpc) is 3.34. The molecule has 7 heteroatoms. The van der Waals surface area contributed by atoms with E-state index in [0.717, 1.165) is 49.0 Å². The highest BCUT2D eigenvalue weighted by Gasteiger charge is 2.23. The van der Waals surface area contributed by atoms with Gasteiger partial charge in [0, 0.05) is 52.0 Å². The highest BCUT2D eigenvalue weighted by molar-refractivity contribution is 5.74. The molecule has 0 aliphatic carbocycles. The summed E-state index contributed by atoms with van der Waals surface area (Å²) in [6, 6.07) is 12.2. The van der Waals surface area contributed by atoms with Crippen molar-refractivity contribution in [2.24, 2.45) is 0 Å². The molecule has 2 aromatic rings. The standard InChI is InChI=1S/C23H31N5O2/c1-2-30-21-8-4-3-7-20(21)26-13-15-28(16-14-26)23(29)25-18-19-9-10-24-22(17-19)27-11-5-6-12-27/h3-4,7-10,17H,2,5-6,11-16,18H2,1H3,(H,25,29). The molecule has 2 amide bonds. The van der Waals surface area contributed by atoms with Gasteiger partial charge in [-0.15, -0.1) is 0 Å². The molecule has 2 aliphatic heterocycles. The van der Waals surface area contributed by atoms with Crippen LogP contribution in [0.15, 0.2) is 42.6 Å². The van der Waals surface area contributed by atoms with Gasteiger partial charge in [0.25, 0.3) is 0 Å². The van der Waals surface area contributed by atoms with Gasteiger partial charge < -0.3 is 24.8 Å². The number of benzene rings is 1. The number of hydrogen-bond donors (Lipinski definition) is 1. The van der Waals surface area contributed by atoms with Crippen LogP contribution in [0, 0.1) is 0 Å². The van der Waals surface area contributed by atoms with Gasteiger partial charge in [-0.25, -0.2) is 9.78 Å². The zero-order valence-electron chi connectivity index (χ0n) is 17.7. The average molecular weight is 410 g/mol. The molecule has 1 aromatic heterocycles. The number of hydrogen-bond acceptors (Lipinski definition) is 5. The van der Waals surface area contributed by atoms with E-state index in [1.54, 1.807) is 0 Å². The van der Waals surface area contributed by atoms with E-state index in [2.05, 4.69) is 32.2 Å². The molecule has 2 fully saturated rings. The number of nitrogens with one attached hydrogen (secondary N) is 1. The normalized spacial score (nSPS) is 16.6. The van der Waals surface area contributed by atoms with Crippen LogP contribution in [0.5, 0.6) is 5.75 Å². The van der Waals surface area contributed by atoms with Crippen LogP contribution in [0.1, 0.15) is 25.3 Å². The molecular formula is C23H31N5O2. The zero-order valence-corrected chi connectivity index (χ0v) is 17.7. The Labute approximate surface area is 178 Å². The monoisotopic (exact) mass is 409 g/mol. The SMILES string of the molecule is CCOc1ccccc1N1CCN(C(=O)NCc2ccnc(N3CCCC3)c2)CC1. The lowest BCUT2D eigenvalue weighted by Gasteiger charge is -2.36. The lowest BCUT2D eigenvalue weighted by molar-refractivity contribution is 0.194. The summed E-state index contributed by atoms with van der Waals surface area (Å²) in [5.74, 6) is 1.92. The first-order valence-corrected chi connectivity index (χ1v) is 10.9. The smallest absolute Gasteiger partial charge is 0.317 e. The molecule has 1 N–H and O–H groups in total. The predicted molar refractivity (Wildman–Crippen MR) is 119 cm³/mol. The number of urea groups is 1. The van der Waals surface area contributed by atoms with Gasteiger partial charge in [0.15, 0.2) is 0 Å². The largest absolute Gasteiger partial charge is 0.492 e. The van der Waals surface area contributed by atoms with E-state index in [4.69, 9.17) is 4.74 Å². The molecule has 30 heavy (non-hydrogen) atoms. The van der Waals surface area contributed by atoms with Crippen molar-refractivity contribution in [1.82, 2.24) is 15.2 Å². The fourth-order valence-electron chi connectivity index (χ4n) is 4.13. The second-order valence-corrected chi connectivity index (χ2v) is 7.75. The maximum Gasteiger partial charge on any atom is 0.317 e. The van der Waals surface area contributed by atoms with Gasteiger partial charge in [-0.1, -0.05) is 12.1 Å². The molecule has 7 nitrogen and oxygen atoms in total. The summed E-state index contributed by atoms with van der Waals surface area (Å²) in [6.07, 6.45) is 4.29. The lowest BCUT2D eigenvalue weighted by Crippen LogP contribution is -2.51. The Kier molecular flexibility index (Phi) is 6.57. The third-order valence-electron chi connectivity index (χ3n) is 5.76. The van der Waals surface area contributed by atoms with Crippen molar-refractivity contribution in [3.05, 3.63) is 48.2 Å². The molecule has 1 aromatic carbocycles. The molecule has 160 valence electrons. The van der Waals surface area contributed by atoms with Gasteiger partial charge in [-0.2, -0.15) is 0 Å². The zero-order chi connectivity index (χ0) is 20.8. The molecule has 0 spiro atoms. The summed E-state index contributed by atoms with van der Waals surface area (Å²) in [6.45, 7) is 8.29. The third kappa shape index (κ3) is 4.78. The second-order valence-electron chi connectivity index (χ2n) is 7.75. The maximum atomic E-state index is 12.7. The van der Waals surface area contributed by atoms with Crippen LogP contribution in [0.2, 0.25) is 0 Å². The van der Waals surface area contributed by atoms with Crippen molar-refractivity contribution in [2.45, 2.75) is 26.3 Å². The van der Waals surface area contributed by atoms with Gasteiger partial charge in [0.1, 0.15) is 11.6 Å². The van der Waals surface area contributed by atoms with Crippen molar-refractivity contribution in [1.29, 1.82) is 0 Å². The molecule has 2 aliphatic rings. The summed E-state index contributed by atoms with van der Waals surface area (Å²) in [7, 11) is 0. The molecule has 3 heterocycles. The van der Waals surface area contributed by atoms with Gasteiger partial charge >= 0.3 is 6.03 Å². The van der Waals surface area contributed by atoms with Crippen molar-refractivity contribution in [2.75, 3.05) is 55.7 Å². The fourth-order valence-corrected chi connectivity index (χ4v) is 4.13. The summed E-state index contributed by atoms with van der Waals surface area (Å²) < 4.78 is 5.76. The number of anilines is 2. The number of carbonyl (C=O) groups excluding carboxylic acids is 1. The maximum absolute atomic E-state index is 12.7. The second kappa shape index (κ2) is 9.69.